The van der Waals surface area contributed by atoms with Gasteiger partial charge in [0.15, 0.2) is 5.66 Å². The molecule has 1 unspecified atom stereocenters. The summed E-state index contributed by atoms with van der Waals surface area (Å²) in [6.45, 7) is 5.56. The molecule has 2 saturated heterocycles. The Bertz CT molecular complexity index is 1010. The fourth-order valence-electron chi connectivity index (χ4n) is 5.51. The SMILES string of the molecule is O=C(CNCCCN1CCCC1)N1CCN2C(=O)c3ccccc3C12c1ccc(Cl)cc1. The molecule has 2 fully saturated rings. The summed E-state index contributed by atoms with van der Waals surface area (Å²) < 4.78 is 0. The predicted molar refractivity (Wildman–Crippen MR) is 125 cm³/mol. The molecular weight excluding hydrogens is 424 g/mol. The zero-order valence-electron chi connectivity index (χ0n) is 18.2. The lowest BCUT2D eigenvalue weighted by Gasteiger charge is -2.40. The molecule has 3 heterocycles. The molecule has 0 bridgehead atoms. The molecule has 3 aliphatic rings. The Kier molecular flexibility index (Phi) is 5.93. The van der Waals surface area contributed by atoms with Crippen molar-refractivity contribution in [3.8, 4) is 0 Å². The molecule has 5 rings (SSSR count). The van der Waals surface area contributed by atoms with E-state index in [1.807, 2.05) is 58.3 Å². The third kappa shape index (κ3) is 3.51. The number of benzene rings is 2. The van der Waals surface area contributed by atoms with Crippen molar-refractivity contribution < 1.29 is 9.59 Å². The Labute approximate surface area is 194 Å². The maximum Gasteiger partial charge on any atom is 0.256 e. The van der Waals surface area contributed by atoms with Gasteiger partial charge in [-0.1, -0.05) is 41.9 Å². The molecule has 32 heavy (non-hydrogen) atoms. The molecule has 0 aromatic heterocycles. The van der Waals surface area contributed by atoms with Crippen LogP contribution in [-0.4, -0.2) is 72.3 Å². The average Bonchev–Trinajstić information content (AvgIpc) is 3.51. The minimum atomic E-state index is -0.910. The normalized spacial score (nSPS) is 22.5. The van der Waals surface area contributed by atoms with E-state index in [0.29, 0.717) is 23.7 Å². The highest BCUT2D eigenvalue weighted by Crippen LogP contribution is 2.49. The first-order chi connectivity index (χ1) is 15.6. The largest absolute Gasteiger partial charge is 0.309 e. The quantitative estimate of drug-likeness (QED) is 0.656. The molecule has 1 atom stereocenters. The van der Waals surface area contributed by atoms with Crippen molar-refractivity contribution in [2.24, 2.45) is 0 Å². The van der Waals surface area contributed by atoms with E-state index in [9.17, 15) is 9.59 Å². The molecular formula is C25H29ClN4O2. The first-order valence-corrected chi connectivity index (χ1v) is 11.9. The highest BCUT2D eigenvalue weighted by Gasteiger charge is 2.59. The second kappa shape index (κ2) is 8.85. The average molecular weight is 453 g/mol. The van der Waals surface area contributed by atoms with Gasteiger partial charge in [-0.2, -0.15) is 0 Å². The molecule has 0 spiro atoms. The van der Waals surface area contributed by atoms with Crippen LogP contribution in [0.1, 0.15) is 40.7 Å². The summed E-state index contributed by atoms with van der Waals surface area (Å²) in [5.74, 6) is -0.0162. The summed E-state index contributed by atoms with van der Waals surface area (Å²) in [7, 11) is 0. The van der Waals surface area contributed by atoms with Crippen molar-refractivity contribution in [2.45, 2.75) is 24.9 Å². The van der Waals surface area contributed by atoms with E-state index in [1.54, 1.807) is 0 Å². The predicted octanol–water partition coefficient (Wildman–Crippen LogP) is 2.91. The van der Waals surface area contributed by atoms with Gasteiger partial charge >= 0.3 is 0 Å². The number of nitrogens with zero attached hydrogens (tertiary/aromatic N) is 3. The Hall–Kier alpha value is -2.41. The maximum atomic E-state index is 13.5. The summed E-state index contributed by atoms with van der Waals surface area (Å²) in [4.78, 5) is 32.9. The minimum absolute atomic E-state index is 0.00752. The van der Waals surface area contributed by atoms with E-state index in [4.69, 9.17) is 11.6 Å². The molecule has 0 radical (unpaired) electrons. The summed E-state index contributed by atoms with van der Waals surface area (Å²) in [6, 6.07) is 15.1. The van der Waals surface area contributed by atoms with Gasteiger partial charge in [-0.3, -0.25) is 9.59 Å². The van der Waals surface area contributed by atoms with Crippen LogP contribution in [0.5, 0.6) is 0 Å². The number of carbonyl (C=O) groups excluding carboxylic acids is 2. The van der Waals surface area contributed by atoms with Gasteiger partial charge in [0.1, 0.15) is 0 Å². The number of carbonyl (C=O) groups is 2. The van der Waals surface area contributed by atoms with Crippen molar-refractivity contribution >= 4 is 23.4 Å². The summed E-state index contributed by atoms with van der Waals surface area (Å²) in [6.07, 6.45) is 3.62. The Morgan fingerprint density at radius 1 is 1.00 bits per heavy atom. The fraction of sp³-hybridized carbons (Fsp3) is 0.440. The van der Waals surface area contributed by atoms with Crippen molar-refractivity contribution in [2.75, 3.05) is 45.8 Å². The van der Waals surface area contributed by atoms with Crippen molar-refractivity contribution in [1.29, 1.82) is 0 Å². The van der Waals surface area contributed by atoms with Gasteiger partial charge in [0.25, 0.3) is 5.91 Å². The third-order valence-electron chi connectivity index (χ3n) is 6.96. The van der Waals surface area contributed by atoms with Crippen LogP contribution < -0.4 is 5.32 Å². The van der Waals surface area contributed by atoms with Gasteiger partial charge in [0.2, 0.25) is 5.91 Å². The molecule has 1 N–H and O–H groups in total. The van der Waals surface area contributed by atoms with E-state index in [2.05, 4.69) is 10.2 Å². The van der Waals surface area contributed by atoms with Crippen LogP contribution in [0.4, 0.5) is 0 Å². The number of nitrogens with one attached hydrogen (secondary N) is 1. The van der Waals surface area contributed by atoms with Gasteiger partial charge < -0.3 is 20.0 Å². The second-order valence-corrected chi connectivity index (χ2v) is 9.24. The molecule has 0 aliphatic carbocycles. The van der Waals surface area contributed by atoms with Crippen LogP contribution in [-0.2, 0) is 10.5 Å². The van der Waals surface area contributed by atoms with E-state index in [1.165, 1.54) is 25.9 Å². The topological polar surface area (TPSA) is 55.9 Å². The second-order valence-electron chi connectivity index (χ2n) is 8.81. The minimum Gasteiger partial charge on any atom is -0.309 e. The van der Waals surface area contributed by atoms with Crippen LogP contribution in [0.15, 0.2) is 48.5 Å². The molecule has 2 amide bonds. The number of amides is 2. The number of fused-ring (bicyclic) bond motifs is 3. The molecule has 7 heteroatoms. The number of halogens is 1. The van der Waals surface area contributed by atoms with Crippen LogP contribution >= 0.6 is 11.6 Å². The summed E-state index contributed by atoms with van der Waals surface area (Å²) >= 11 is 6.16. The number of likely N-dealkylation sites (tertiary alicyclic amines) is 1. The highest BCUT2D eigenvalue weighted by atomic mass is 35.5. The highest BCUT2D eigenvalue weighted by molar-refractivity contribution is 6.30. The third-order valence-corrected chi connectivity index (χ3v) is 7.21. The Morgan fingerprint density at radius 3 is 2.53 bits per heavy atom. The summed E-state index contributed by atoms with van der Waals surface area (Å²) in [5.41, 5.74) is 1.51. The van der Waals surface area contributed by atoms with Gasteiger partial charge in [0.05, 0.1) is 6.54 Å². The van der Waals surface area contributed by atoms with Crippen molar-refractivity contribution in [3.05, 3.63) is 70.2 Å². The van der Waals surface area contributed by atoms with Crippen molar-refractivity contribution in [3.63, 3.8) is 0 Å². The smallest absolute Gasteiger partial charge is 0.256 e. The van der Waals surface area contributed by atoms with Crippen molar-refractivity contribution in [1.82, 2.24) is 20.0 Å². The van der Waals surface area contributed by atoms with E-state index >= 15 is 0 Å². The lowest BCUT2D eigenvalue weighted by molar-refractivity contribution is -0.135. The van der Waals surface area contributed by atoms with Gasteiger partial charge in [0, 0.05) is 34.8 Å². The zero-order valence-corrected chi connectivity index (χ0v) is 19.0. The summed E-state index contributed by atoms with van der Waals surface area (Å²) in [5, 5.41) is 3.97. The number of hydrogen-bond donors (Lipinski definition) is 1. The maximum absolute atomic E-state index is 13.5. The van der Waals surface area contributed by atoms with E-state index < -0.39 is 5.66 Å². The van der Waals surface area contributed by atoms with E-state index in [0.717, 1.165) is 30.6 Å². The van der Waals surface area contributed by atoms with Crippen LogP contribution in [0.2, 0.25) is 5.02 Å². The lowest BCUT2D eigenvalue weighted by Crippen LogP contribution is -2.53. The molecule has 168 valence electrons. The lowest BCUT2D eigenvalue weighted by atomic mass is 9.90. The standard InChI is InChI=1S/C25H29ClN4O2/c26-20-10-8-19(9-11-20)25-22-7-2-1-6-21(22)24(32)30(25)17-16-29(25)23(31)18-27-12-5-15-28-13-3-4-14-28/h1-2,6-11,27H,3-5,12-18H2. The monoisotopic (exact) mass is 452 g/mol. The van der Waals surface area contributed by atoms with Gasteiger partial charge in [-0.05, 0) is 63.6 Å². The van der Waals surface area contributed by atoms with Gasteiger partial charge in [-0.25, -0.2) is 0 Å². The molecule has 2 aromatic carbocycles. The van der Waals surface area contributed by atoms with Crippen LogP contribution in [0.25, 0.3) is 0 Å². The van der Waals surface area contributed by atoms with Gasteiger partial charge in [-0.15, -0.1) is 0 Å². The fourth-order valence-corrected chi connectivity index (χ4v) is 5.63. The zero-order chi connectivity index (χ0) is 22.1. The Balaban J connectivity index is 1.37. The Morgan fingerprint density at radius 2 is 1.75 bits per heavy atom. The number of rotatable bonds is 7. The van der Waals surface area contributed by atoms with Crippen LogP contribution in [0, 0.1) is 0 Å². The first-order valence-electron chi connectivity index (χ1n) is 11.5. The first kappa shape index (κ1) is 21.4. The number of hydrogen-bond acceptors (Lipinski definition) is 4. The van der Waals surface area contributed by atoms with Crippen LogP contribution in [0.3, 0.4) is 0 Å². The molecule has 6 nitrogen and oxygen atoms in total. The molecule has 0 saturated carbocycles. The molecule has 3 aliphatic heterocycles. The molecule has 2 aromatic rings. The van der Waals surface area contributed by atoms with E-state index in [-0.39, 0.29) is 18.4 Å².